The van der Waals surface area contributed by atoms with Crippen molar-refractivity contribution in [1.29, 1.82) is 0 Å². The number of aliphatic carboxylic acids is 1. The molecule has 3 atom stereocenters. The van der Waals surface area contributed by atoms with Crippen LogP contribution in [0.4, 0.5) is 0 Å². The Kier molecular flexibility index (Phi) is 9.42. The van der Waals surface area contributed by atoms with Crippen molar-refractivity contribution in [1.82, 2.24) is 4.90 Å². The van der Waals surface area contributed by atoms with Gasteiger partial charge in [-0.15, -0.1) is 11.8 Å². The molecule has 6 aromatic rings. The molecule has 1 saturated heterocycles. The fourth-order valence-electron chi connectivity index (χ4n) is 8.11. The number of hydrogen-bond acceptors (Lipinski definition) is 4. The summed E-state index contributed by atoms with van der Waals surface area (Å²) in [7, 11) is -3.05. The molecule has 5 nitrogen and oxygen atoms in total. The average Bonchev–Trinajstić information content (AvgIpc) is 3.21. The van der Waals surface area contributed by atoms with E-state index < -0.39 is 29.4 Å². The van der Waals surface area contributed by atoms with Crippen LogP contribution in [0.1, 0.15) is 29.5 Å². The molecule has 8 rings (SSSR count). The highest BCUT2D eigenvalue weighted by Crippen LogP contribution is 2.74. The molecule has 53 heavy (non-hydrogen) atoms. The van der Waals surface area contributed by atoms with Crippen LogP contribution in [0.5, 0.6) is 0 Å². The first kappa shape index (κ1) is 34.5. The van der Waals surface area contributed by atoms with Crippen molar-refractivity contribution < 1.29 is 14.7 Å². The van der Waals surface area contributed by atoms with Crippen molar-refractivity contribution in [3.8, 4) is 0 Å². The maximum absolute atomic E-state index is 14.4. The summed E-state index contributed by atoms with van der Waals surface area (Å²) in [6, 6.07) is 60.6. The summed E-state index contributed by atoms with van der Waals surface area (Å²) >= 11 is 1.67. The molecule has 0 bridgehead atoms. The van der Waals surface area contributed by atoms with Gasteiger partial charge in [0.15, 0.2) is 11.7 Å². The normalized spacial score (nSPS) is 20.0. The van der Waals surface area contributed by atoms with Crippen molar-refractivity contribution in [3.63, 3.8) is 0 Å². The lowest BCUT2D eigenvalue weighted by Gasteiger charge is -2.56. The van der Waals surface area contributed by atoms with E-state index in [1.54, 1.807) is 18.0 Å². The molecule has 0 saturated carbocycles. The molecule has 1 N–H and O–H groups in total. The SMILES string of the molecule is CC1(C(c2ccccc2)c2ccccc2)S[C@@H]2C(N=Cc3ccccc3)C(=O)N2C(C(=O)O)=C1[P+](c1ccccc1)(c1ccccc1)c1ccccc1. The Balaban J connectivity index is 1.50. The Labute approximate surface area is 315 Å². The molecule has 1 amide bonds. The highest BCUT2D eigenvalue weighted by molar-refractivity contribution is 8.05. The zero-order valence-corrected chi connectivity index (χ0v) is 30.9. The molecule has 2 heterocycles. The molecular weight excluding hydrogens is 692 g/mol. The number of rotatable bonds is 10. The van der Waals surface area contributed by atoms with Crippen molar-refractivity contribution in [2.45, 2.75) is 29.0 Å². The van der Waals surface area contributed by atoms with Crippen molar-refractivity contribution in [2.75, 3.05) is 0 Å². The number of β-lactam (4-membered cyclic amide) rings is 1. The molecule has 0 aromatic heterocycles. The van der Waals surface area contributed by atoms with Gasteiger partial charge in [-0.3, -0.25) is 14.7 Å². The summed E-state index contributed by atoms with van der Waals surface area (Å²) in [5.74, 6) is -1.73. The summed E-state index contributed by atoms with van der Waals surface area (Å²) in [5.41, 5.74) is 3.05. The number of carbonyl (C=O) groups excluding carboxylic acids is 1. The monoisotopic (exact) mass is 729 g/mol. The molecule has 260 valence electrons. The predicted octanol–water partition coefficient (Wildman–Crippen LogP) is 8.27. The fraction of sp³-hybridized carbons (Fsp3) is 0.109. The summed E-state index contributed by atoms with van der Waals surface area (Å²) in [4.78, 5) is 35.1. The van der Waals surface area contributed by atoms with E-state index >= 15 is 0 Å². The Morgan fingerprint density at radius 1 is 0.679 bits per heavy atom. The second-order valence-corrected chi connectivity index (χ2v) is 18.3. The Morgan fingerprint density at radius 3 is 1.49 bits per heavy atom. The third kappa shape index (κ3) is 5.93. The van der Waals surface area contributed by atoms with Crippen LogP contribution in [0.15, 0.2) is 198 Å². The van der Waals surface area contributed by atoms with Gasteiger partial charge in [-0.05, 0) is 60.0 Å². The number of aliphatic imine (C=N–C) groups is 1. The van der Waals surface area contributed by atoms with Gasteiger partial charge in [0.1, 0.15) is 33.9 Å². The molecule has 2 unspecified atom stereocenters. The number of thioether (sulfide) groups is 1. The van der Waals surface area contributed by atoms with Crippen LogP contribution in [-0.4, -0.2) is 44.3 Å². The van der Waals surface area contributed by atoms with Gasteiger partial charge in [-0.2, -0.15) is 0 Å². The van der Waals surface area contributed by atoms with E-state index in [9.17, 15) is 14.7 Å². The third-order valence-corrected chi connectivity index (χ3v) is 16.6. The van der Waals surface area contributed by atoms with Gasteiger partial charge in [0.05, 0.1) is 4.75 Å². The van der Waals surface area contributed by atoms with Crippen LogP contribution < -0.4 is 15.9 Å². The number of hydrogen-bond donors (Lipinski definition) is 1. The second kappa shape index (κ2) is 14.5. The smallest absolute Gasteiger partial charge is 0.356 e. The largest absolute Gasteiger partial charge is 0.476 e. The summed E-state index contributed by atoms with van der Waals surface area (Å²) in [6.45, 7) is 2.21. The highest BCUT2D eigenvalue weighted by atomic mass is 32.2. The average molecular weight is 730 g/mol. The number of nitrogens with zero attached hydrogens (tertiary/aromatic N) is 2. The number of carbonyl (C=O) groups is 2. The molecule has 1 fully saturated rings. The summed E-state index contributed by atoms with van der Waals surface area (Å²) < 4.78 is -0.909. The van der Waals surface area contributed by atoms with E-state index in [-0.39, 0.29) is 17.5 Å². The first-order valence-corrected chi connectivity index (χ1v) is 20.3. The first-order valence-electron chi connectivity index (χ1n) is 17.7. The zero-order valence-electron chi connectivity index (χ0n) is 29.1. The van der Waals surface area contributed by atoms with E-state index in [1.165, 1.54) is 4.90 Å². The van der Waals surface area contributed by atoms with E-state index in [0.29, 0.717) is 0 Å². The van der Waals surface area contributed by atoms with Crippen LogP contribution in [-0.2, 0) is 9.59 Å². The van der Waals surface area contributed by atoms with Crippen LogP contribution in [0.3, 0.4) is 0 Å². The van der Waals surface area contributed by atoms with E-state index in [2.05, 4.69) is 67.6 Å². The zero-order chi connectivity index (χ0) is 36.4. The lowest BCUT2D eigenvalue weighted by molar-refractivity contribution is -0.147. The first-order chi connectivity index (χ1) is 25.9. The van der Waals surface area contributed by atoms with Crippen LogP contribution in [0.2, 0.25) is 0 Å². The number of carboxylic acid groups (broad SMARTS) is 1. The van der Waals surface area contributed by atoms with Crippen molar-refractivity contribution in [2.24, 2.45) is 4.99 Å². The molecule has 0 aliphatic carbocycles. The number of benzene rings is 6. The third-order valence-electron chi connectivity index (χ3n) is 10.3. The molecule has 0 radical (unpaired) electrons. The lowest BCUT2D eigenvalue weighted by atomic mass is 9.79. The van der Waals surface area contributed by atoms with Gasteiger partial charge in [-0.1, -0.05) is 146 Å². The van der Waals surface area contributed by atoms with Crippen molar-refractivity contribution >= 4 is 53.0 Å². The minimum Gasteiger partial charge on any atom is -0.476 e. The Bertz CT molecular complexity index is 2150. The van der Waals surface area contributed by atoms with Gasteiger partial charge in [0, 0.05) is 12.1 Å². The molecule has 7 heteroatoms. The van der Waals surface area contributed by atoms with Gasteiger partial charge in [-0.25, -0.2) is 4.79 Å². The highest BCUT2D eigenvalue weighted by Gasteiger charge is 2.69. The standard InChI is InChI=1S/C46H37N2O3PS/c1-46(39(34-22-10-3-11-23-34)35-24-12-4-13-25-35)42(41(45(50)51)48-43(49)40(44(48)53-46)47-32-33-20-8-2-9-21-33)52(36-26-14-5-15-27-36,37-28-16-6-17-29-37)38-30-18-7-19-31-38/h2-32,39-40,44H,1H3/p+1/t40?,44-,46?/m1/s1. The minimum atomic E-state index is -3.05. The minimum absolute atomic E-state index is 0.0502. The predicted molar refractivity (Wildman–Crippen MR) is 219 cm³/mol. The van der Waals surface area contributed by atoms with E-state index in [4.69, 9.17) is 4.99 Å². The van der Waals surface area contributed by atoms with Crippen LogP contribution in [0.25, 0.3) is 0 Å². The maximum Gasteiger partial charge on any atom is 0.356 e. The van der Waals surface area contributed by atoms with Gasteiger partial charge < -0.3 is 5.11 Å². The maximum atomic E-state index is 14.4. The molecular formula is C46H38N2O3PS+. The molecule has 2 aliphatic heterocycles. The van der Waals surface area contributed by atoms with E-state index in [0.717, 1.165) is 37.9 Å². The lowest BCUT2D eigenvalue weighted by Crippen LogP contribution is -2.67. The van der Waals surface area contributed by atoms with Crippen LogP contribution >= 0.6 is 19.0 Å². The van der Waals surface area contributed by atoms with Crippen LogP contribution in [0, 0.1) is 0 Å². The summed E-state index contributed by atoms with van der Waals surface area (Å²) in [5, 5.41) is 14.9. The number of fused-ring (bicyclic) bond motifs is 1. The Morgan fingerprint density at radius 2 is 1.08 bits per heavy atom. The number of amides is 1. The summed E-state index contributed by atoms with van der Waals surface area (Å²) in [6.07, 6.45) is 1.73. The Hall–Kier alpha value is -5.55. The quantitative estimate of drug-likeness (QED) is 0.0876. The topological polar surface area (TPSA) is 70.0 Å². The molecule has 0 spiro atoms. The van der Waals surface area contributed by atoms with Crippen molar-refractivity contribution in [3.05, 3.63) is 210 Å². The molecule has 2 aliphatic rings. The van der Waals surface area contributed by atoms with E-state index in [1.807, 2.05) is 121 Å². The molecule has 6 aromatic carbocycles. The fourth-order valence-corrected chi connectivity index (χ4v) is 15.3. The number of carboxylic acids is 1. The second-order valence-electron chi connectivity index (χ2n) is 13.4. The van der Waals surface area contributed by atoms with Gasteiger partial charge in [0.25, 0.3) is 5.91 Å². The van der Waals surface area contributed by atoms with Gasteiger partial charge in [0.2, 0.25) is 0 Å². The van der Waals surface area contributed by atoms with Gasteiger partial charge >= 0.3 is 5.97 Å².